The van der Waals surface area contributed by atoms with E-state index in [9.17, 15) is 9.59 Å². The van der Waals surface area contributed by atoms with E-state index in [0.717, 1.165) is 11.0 Å². The molecule has 0 unspecified atom stereocenters. The molecule has 6 nitrogen and oxygen atoms in total. The summed E-state index contributed by atoms with van der Waals surface area (Å²) >= 11 is 0. The predicted octanol–water partition coefficient (Wildman–Crippen LogP) is 2.52. The van der Waals surface area contributed by atoms with Gasteiger partial charge in [-0.3, -0.25) is 9.59 Å². The smallest absolute Gasteiger partial charge is 0.313 e. The normalized spacial score (nSPS) is 10.2. The van der Waals surface area contributed by atoms with Crippen LogP contribution < -0.4 is 0 Å². The molecule has 0 amide bonds. The minimum atomic E-state index is -0.324. The Bertz CT molecular complexity index is 669. The average Bonchev–Trinajstić information content (AvgIpc) is 2.83. The molecule has 0 fully saturated rings. The summed E-state index contributed by atoms with van der Waals surface area (Å²) < 4.78 is 11.8. The van der Waals surface area contributed by atoms with Crippen molar-refractivity contribution in [2.45, 2.75) is 33.2 Å². The maximum absolute atomic E-state index is 11.7. The summed E-state index contributed by atoms with van der Waals surface area (Å²) in [4.78, 5) is 27.7. The molecule has 0 radical (unpaired) electrons. The van der Waals surface area contributed by atoms with Gasteiger partial charge in [0.25, 0.3) is 0 Å². The van der Waals surface area contributed by atoms with E-state index < -0.39 is 0 Å². The zero-order chi connectivity index (χ0) is 15.9. The van der Waals surface area contributed by atoms with Crippen LogP contribution >= 0.6 is 12.4 Å². The number of benzene rings is 1. The van der Waals surface area contributed by atoms with Crippen molar-refractivity contribution >= 4 is 35.4 Å². The van der Waals surface area contributed by atoms with Crippen LogP contribution in [0.1, 0.15) is 26.1 Å². The number of esters is 2. The summed E-state index contributed by atoms with van der Waals surface area (Å²) in [6, 6.07) is 7.59. The molecule has 0 bridgehead atoms. The lowest BCUT2D eigenvalue weighted by Gasteiger charge is -2.08. The van der Waals surface area contributed by atoms with Gasteiger partial charge in [0, 0.05) is 6.54 Å². The van der Waals surface area contributed by atoms with E-state index >= 15 is 0 Å². The summed E-state index contributed by atoms with van der Waals surface area (Å²) in [5, 5.41) is 0. The molecule has 2 aromatic rings. The Morgan fingerprint density at radius 1 is 1.09 bits per heavy atom. The standard InChI is InChI=1S/C16H20N2O4.ClH/c1-3-21-15(19)9-10-18-13-8-6-5-7-12(13)17-14(18)11-16(20)22-4-2;/h5-8H,3-4,9-11H2,1-2H3;1H. The van der Waals surface area contributed by atoms with Gasteiger partial charge in [-0.25, -0.2) is 4.98 Å². The first-order valence-corrected chi connectivity index (χ1v) is 7.41. The Morgan fingerprint density at radius 3 is 2.43 bits per heavy atom. The summed E-state index contributed by atoms with van der Waals surface area (Å²) in [5.74, 6) is 0.0153. The van der Waals surface area contributed by atoms with Gasteiger partial charge < -0.3 is 14.0 Å². The van der Waals surface area contributed by atoms with Crippen LogP contribution in [0.15, 0.2) is 24.3 Å². The topological polar surface area (TPSA) is 70.4 Å². The number of hydrogen-bond donors (Lipinski definition) is 0. The number of para-hydroxylation sites is 2. The summed E-state index contributed by atoms with van der Waals surface area (Å²) in [5.41, 5.74) is 1.69. The van der Waals surface area contributed by atoms with Crippen molar-refractivity contribution in [3.8, 4) is 0 Å². The van der Waals surface area contributed by atoms with Gasteiger partial charge in [-0.05, 0) is 26.0 Å². The molecule has 7 heteroatoms. The molecule has 1 heterocycles. The lowest BCUT2D eigenvalue weighted by molar-refractivity contribution is -0.143. The highest BCUT2D eigenvalue weighted by Gasteiger charge is 2.15. The fourth-order valence-corrected chi connectivity index (χ4v) is 2.29. The molecule has 1 aromatic heterocycles. The lowest BCUT2D eigenvalue weighted by atomic mass is 10.3. The van der Waals surface area contributed by atoms with Crippen molar-refractivity contribution in [1.82, 2.24) is 9.55 Å². The molecule has 0 aliphatic rings. The Labute approximate surface area is 141 Å². The fourth-order valence-electron chi connectivity index (χ4n) is 2.29. The molecular formula is C16H21ClN2O4. The average molecular weight is 341 g/mol. The highest BCUT2D eigenvalue weighted by molar-refractivity contribution is 5.85. The predicted molar refractivity (Wildman–Crippen MR) is 88.6 cm³/mol. The van der Waals surface area contributed by atoms with Crippen molar-refractivity contribution in [2.24, 2.45) is 0 Å². The third kappa shape index (κ3) is 4.96. The lowest BCUT2D eigenvalue weighted by Crippen LogP contribution is -2.15. The van der Waals surface area contributed by atoms with Crippen molar-refractivity contribution < 1.29 is 19.1 Å². The fraction of sp³-hybridized carbons (Fsp3) is 0.438. The van der Waals surface area contributed by atoms with Gasteiger partial charge in [-0.15, -0.1) is 12.4 Å². The highest BCUT2D eigenvalue weighted by atomic mass is 35.5. The van der Waals surface area contributed by atoms with E-state index in [4.69, 9.17) is 9.47 Å². The summed E-state index contributed by atoms with van der Waals surface area (Å²) in [6.45, 7) is 4.66. The largest absolute Gasteiger partial charge is 0.466 e. The number of fused-ring (bicyclic) bond motifs is 1. The van der Waals surface area contributed by atoms with Crippen LogP contribution in [0.5, 0.6) is 0 Å². The number of carbonyl (C=O) groups excluding carboxylic acids is 2. The van der Waals surface area contributed by atoms with Gasteiger partial charge in [-0.2, -0.15) is 0 Å². The van der Waals surface area contributed by atoms with E-state index in [2.05, 4.69) is 4.98 Å². The molecule has 126 valence electrons. The number of imidazole rings is 1. The summed E-state index contributed by atoms with van der Waals surface area (Å²) in [6.07, 6.45) is 0.329. The van der Waals surface area contributed by atoms with E-state index in [0.29, 0.717) is 25.6 Å². The Kier molecular flexibility index (Phi) is 7.54. The third-order valence-corrected chi connectivity index (χ3v) is 3.19. The number of nitrogens with zero attached hydrogens (tertiary/aromatic N) is 2. The second-order valence-corrected chi connectivity index (χ2v) is 4.71. The maximum atomic E-state index is 11.7. The number of halogens is 1. The van der Waals surface area contributed by atoms with E-state index in [-0.39, 0.29) is 37.2 Å². The first-order chi connectivity index (χ1) is 10.7. The first-order valence-electron chi connectivity index (χ1n) is 7.41. The monoisotopic (exact) mass is 340 g/mol. The second-order valence-electron chi connectivity index (χ2n) is 4.71. The van der Waals surface area contributed by atoms with Crippen LogP contribution in [0.25, 0.3) is 11.0 Å². The van der Waals surface area contributed by atoms with Crippen molar-refractivity contribution in [3.05, 3.63) is 30.1 Å². The summed E-state index contributed by atoms with van der Waals surface area (Å²) in [7, 11) is 0. The van der Waals surface area contributed by atoms with Gasteiger partial charge in [0.2, 0.25) is 0 Å². The number of aromatic nitrogens is 2. The van der Waals surface area contributed by atoms with Crippen LogP contribution in [-0.4, -0.2) is 34.7 Å². The highest BCUT2D eigenvalue weighted by Crippen LogP contribution is 2.17. The van der Waals surface area contributed by atoms with E-state index in [1.54, 1.807) is 13.8 Å². The SMILES string of the molecule is CCOC(=O)CCn1c(CC(=O)OCC)nc2ccccc21.Cl. The molecule has 0 aliphatic carbocycles. The van der Waals surface area contributed by atoms with Crippen LogP contribution in [0, 0.1) is 0 Å². The van der Waals surface area contributed by atoms with Gasteiger partial charge in [0.05, 0.1) is 30.7 Å². The molecular weight excluding hydrogens is 320 g/mol. The van der Waals surface area contributed by atoms with Crippen LogP contribution in [0.3, 0.4) is 0 Å². The Morgan fingerprint density at radius 2 is 1.74 bits per heavy atom. The quantitative estimate of drug-likeness (QED) is 0.724. The molecule has 1 aromatic carbocycles. The number of hydrogen-bond acceptors (Lipinski definition) is 5. The first kappa shape index (κ1) is 19.0. The van der Waals surface area contributed by atoms with Crippen molar-refractivity contribution in [2.75, 3.05) is 13.2 Å². The zero-order valence-corrected chi connectivity index (χ0v) is 14.1. The number of carbonyl (C=O) groups is 2. The van der Waals surface area contributed by atoms with Crippen LogP contribution in [0.2, 0.25) is 0 Å². The van der Waals surface area contributed by atoms with Crippen molar-refractivity contribution in [3.63, 3.8) is 0 Å². The molecule has 0 spiro atoms. The molecule has 0 aliphatic heterocycles. The zero-order valence-electron chi connectivity index (χ0n) is 13.3. The molecule has 0 saturated carbocycles. The number of ether oxygens (including phenoxy) is 2. The van der Waals surface area contributed by atoms with E-state index in [1.807, 2.05) is 28.8 Å². The van der Waals surface area contributed by atoms with E-state index in [1.165, 1.54) is 0 Å². The number of aryl methyl sites for hydroxylation is 1. The second kappa shape index (κ2) is 9.15. The van der Waals surface area contributed by atoms with Gasteiger partial charge in [0.1, 0.15) is 12.2 Å². The third-order valence-electron chi connectivity index (χ3n) is 3.19. The van der Waals surface area contributed by atoms with Gasteiger partial charge >= 0.3 is 11.9 Å². The minimum Gasteiger partial charge on any atom is -0.466 e. The molecule has 0 atom stereocenters. The van der Waals surface area contributed by atoms with Crippen LogP contribution in [-0.2, 0) is 32.0 Å². The van der Waals surface area contributed by atoms with Crippen LogP contribution in [0.4, 0.5) is 0 Å². The molecule has 0 saturated heterocycles. The minimum absolute atomic E-state index is 0. The van der Waals surface area contributed by atoms with Gasteiger partial charge in [0.15, 0.2) is 0 Å². The molecule has 0 N–H and O–H groups in total. The Hall–Kier alpha value is -2.08. The number of rotatable bonds is 7. The maximum Gasteiger partial charge on any atom is 0.313 e. The van der Waals surface area contributed by atoms with Gasteiger partial charge in [-0.1, -0.05) is 12.1 Å². The Balaban J connectivity index is 0.00000264. The molecule has 23 heavy (non-hydrogen) atoms. The van der Waals surface area contributed by atoms with Crippen molar-refractivity contribution in [1.29, 1.82) is 0 Å². The molecule has 2 rings (SSSR count).